The summed E-state index contributed by atoms with van der Waals surface area (Å²) in [6, 6.07) is 6.72. The number of ether oxygens (including phenoxy) is 1. The lowest BCUT2D eigenvalue weighted by molar-refractivity contribution is 0.0598. The zero-order valence-electron chi connectivity index (χ0n) is 13.1. The molecule has 0 radical (unpaired) electrons. The number of rotatable bonds is 4. The van der Waals surface area contributed by atoms with Gasteiger partial charge >= 0.3 is 5.97 Å². The Morgan fingerprint density at radius 2 is 1.91 bits per heavy atom. The predicted molar refractivity (Wildman–Crippen MR) is 88.8 cm³/mol. The van der Waals surface area contributed by atoms with Gasteiger partial charge in [0.05, 0.1) is 13.7 Å². The van der Waals surface area contributed by atoms with Crippen molar-refractivity contribution in [2.45, 2.75) is 20.4 Å². The van der Waals surface area contributed by atoms with Crippen LogP contribution in [0.1, 0.15) is 37.8 Å². The molecule has 0 spiro atoms. The number of nitrogens with one attached hydrogen (secondary N) is 1. The molecule has 0 saturated heterocycles. The number of hydrogen-bond donors (Lipinski definition) is 2. The molecule has 6 nitrogen and oxygen atoms in total. The largest absolute Gasteiger partial charge is 0.465 e. The number of aryl methyl sites for hydroxylation is 2. The van der Waals surface area contributed by atoms with Gasteiger partial charge in [0.1, 0.15) is 17.1 Å². The van der Waals surface area contributed by atoms with Gasteiger partial charge in [0, 0.05) is 11.3 Å². The van der Waals surface area contributed by atoms with Gasteiger partial charge in [-0.05, 0) is 37.6 Å². The molecule has 1 aromatic carbocycles. The van der Waals surface area contributed by atoms with E-state index in [1.54, 1.807) is 31.2 Å². The lowest BCUT2D eigenvalue weighted by atomic mass is 10.1. The summed E-state index contributed by atoms with van der Waals surface area (Å²) >= 11 is 0. The standard InChI is InChI=1S/C16H18N2O4.ClH/c1-9-4-5-11(17)6-13(9)15(19)18-8-12-7-14(10(2)22-12)16(20)21-3;/h4-7H,8,17H2,1-3H3,(H,18,19);1H. The molecule has 0 atom stereocenters. The Kier molecular flexibility index (Phi) is 6.21. The first-order valence-corrected chi connectivity index (χ1v) is 6.74. The van der Waals surface area contributed by atoms with Crippen LogP contribution in [0.15, 0.2) is 28.7 Å². The van der Waals surface area contributed by atoms with Crippen molar-refractivity contribution >= 4 is 30.0 Å². The highest BCUT2D eigenvalue weighted by molar-refractivity contribution is 5.96. The zero-order chi connectivity index (χ0) is 16.3. The molecule has 3 N–H and O–H groups in total. The van der Waals surface area contributed by atoms with Gasteiger partial charge < -0.3 is 20.2 Å². The number of furan rings is 1. The molecular weight excluding hydrogens is 320 g/mol. The van der Waals surface area contributed by atoms with Gasteiger partial charge in [-0.15, -0.1) is 12.4 Å². The number of amides is 1. The summed E-state index contributed by atoms with van der Waals surface area (Å²) in [5.41, 5.74) is 7.92. The molecule has 0 fully saturated rings. The number of hydrogen-bond acceptors (Lipinski definition) is 5. The van der Waals surface area contributed by atoms with Crippen molar-refractivity contribution in [2.75, 3.05) is 12.8 Å². The fourth-order valence-corrected chi connectivity index (χ4v) is 2.09. The lowest BCUT2D eigenvalue weighted by Crippen LogP contribution is -2.23. The van der Waals surface area contributed by atoms with Gasteiger partial charge in [-0.3, -0.25) is 4.79 Å². The van der Waals surface area contributed by atoms with E-state index in [1.807, 2.05) is 6.92 Å². The average molecular weight is 339 g/mol. The van der Waals surface area contributed by atoms with Crippen LogP contribution < -0.4 is 11.1 Å². The Balaban J connectivity index is 0.00000264. The molecule has 0 aliphatic heterocycles. The van der Waals surface area contributed by atoms with Crippen molar-refractivity contribution in [1.82, 2.24) is 5.32 Å². The van der Waals surface area contributed by atoms with Gasteiger partial charge in [-0.1, -0.05) is 6.07 Å². The molecule has 0 aliphatic carbocycles. The van der Waals surface area contributed by atoms with Crippen molar-refractivity contribution in [3.05, 3.63) is 52.5 Å². The average Bonchev–Trinajstić information content (AvgIpc) is 2.87. The summed E-state index contributed by atoms with van der Waals surface area (Å²) in [6.45, 7) is 3.67. The number of carbonyl (C=O) groups excluding carboxylic acids is 2. The van der Waals surface area contributed by atoms with E-state index in [0.29, 0.717) is 28.3 Å². The third-order valence-electron chi connectivity index (χ3n) is 3.30. The van der Waals surface area contributed by atoms with E-state index in [1.165, 1.54) is 7.11 Å². The van der Waals surface area contributed by atoms with Crippen LogP contribution in [0.2, 0.25) is 0 Å². The number of benzene rings is 1. The smallest absolute Gasteiger partial charge is 0.341 e. The van der Waals surface area contributed by atoms with Crippen molar-refractivity contribution < 1.29 is 18.7 Å². The van der Waals surface area contributed by atoms with Gasteiger partial charge in [0.15, 0.2) is 0 Å². The Morgan fingerprint density at radius 3 is 2.57 bits per heavy atom. The molecule has 0 bridgehead atoms. The van der Waals surface area contributed by atoms with E-state index >= 15 is 0 Å². The highest BCUT2D eigenvalue weighted by Crippen LogP contribution is 2.16. The maximum Gasteiger partial charge on any atom is 0.341 e. The molecule has 2 aromatic rings. The first-order valence-electron chi connectivity index (χ1n) is 6.74. The minimum absolute atomic E-state index is 0. The number of methoxy groups -OCH3 is 1. The minimum atomic E-state index is -0.467. The van der Waals surface area contributed by atoms with Gasteiger partial charge in [-0.2, -0.15) is 0 Å². The number of halogens is 1. The van der Waals surface area contributed by atoms with Crippen LogP contribution in [0, 0.1) is 13.8 Å². The highest BCUT2D eigenvalue weighted by Gasteiger charge is 2.16. The quantitative estimate of drug-likeness (QED) is 0.660. The van der Waals surface area contributed by atoms with E-state index in [-0.39, 0.29) is 24.9 Å². The molecule has 0 saturated carbocycles. The van der Waals surface area contributed by atoms with Crippen LogP contribution in [-0.4, -0.2) is 19.0 Å². The normalized spacial score (nSPS) is 9.87. The van der Waals surface area contributed by atoms with E-state index in [9.17, 15) is 9.59 Å². The molecule has 1 heterocycles. The van der Waals surface area contributed by atoms with E-state index in [0.717, 1.165) is 5.56 Å². The summed E-state index contributed by atoms with van der Waals surface area (Å²) in [4.78, 5) is 23.7. The lowest BCUT2D eigenvalue weighted by Gasteiger charge is -2.07. The predicted octanol–water partition coefficient (Wildman–Crippen LogP) is 2.62. The number of carbonyl (C=O) groups is 2. The van der Waals surface area contributed by atoms with Crippen molar-refractivity contribution in [3.63, 3.8) is 0 Å². The number of esters is 1. The van der Waals surface area contributed by atoms with Crippen LogP contribution in [0.4, 0.5) is 5.69 Å². The van der Waals surface area contributed by atoms with E-state index in [4.69, 9.17) is 10.2 Å². The molecule has 0 aliphatic rings. The molecule has 1 aromatic heterocycles. The first-order chi connectivity index (χ1) is 10.4. The zero-order valence-corrected chi connectivity index (χ0v) is 14.0. The maximum absolute atomic E-state index is 12.2. The monoisotopic (exact) mass is 338 g/mol. The van der Waals surface area contributed by atoms with Crippen molar-refractivity contribution in [3.8, 4) is 0 Å². The topological polar surface area (TPSA) is 94.6 Å². The SMILES string of the molecule is COC(=O)c1cc(CNC(=O)c2cc(N)ccc2C)oc1C.Cl. The number of anilines is 1. The fraction of sp³-hybridized carbons (Fsp3) is 0.250. The summed E-state index contributed by atoms with van der Waals surface area (Å²) < 4.78 is 10.1. The fourth-order valence-electron chi connectivity index (χ4n) is 2.09. The summed E-state index contributed by atoms with van der Waals surface area (Å²) in [7, 11) is 1.30. The maximum atomic E-state index is 12.2. The molecule has 1 amide bonds. The van der Waals surface area contributed by atoms with Crippen molar-refractivity contribution in [2.24, 2.45) is 0 Å². The Hall–Kier alpha value is -2.47. The molecule has 0 unspecified atom stereocenters. The molecular formula is C16H19ClN2O4. The van der Waals surface area contributed by atoms with E-state index < -0.39 is 5.97 Å². The highest BCUT2D eigenvalue weighted by atomic mass is 35.5. The van der Waals surface area contributed by atoms with E-state index in [2.05, 4.69) is 10.1 Å². The Labute approximate surface area is 140 Å². The third-order valence-corrected chi connectivity index (χ3v) is 3.30. The Bertz CT molecular complexity index is 725. The summed E-state index contributed by atoms with van der Waals surface area (Å²) in [6.07, 6.45) is 0. The second-order valence-electron chi connectivity index (χ2n) is 4.93. The third kappa shape index (κ3) is 4.26. The second-order valence-corrected chi connectivity index (χ2v) is 4.93. The van der Waals surface area contributed by atoms with Crippen LogP contribution in [0.5, 0.6) is 0 Å². The van der Waals surface area contributed by atoms with Gasteiger partial charge in [0.2, 0.25) is 0 Å². The van der Waals surface area contributed by atoms with Crippen LogP contribution >= 0.6 is 12.4 Å². The minimum Gasteiger partial charge on any atom is -0.465 e. The summed E-state index contributed by atoms with van der Waals surface area (Å²) in [5, 5.41) is 2.74. The van der Waals surface area contributed by atoms with Crippen LogP contribution in [0.25, 0.3) is 0 Å². The first kappa shape index (κ1) is 18.6. The molecule has 7 heteroatoms. The van der Waals surface area contributed by atoms with Crippen LogP contribution in [0.3, 0.4) is 0 Å². The molecule has 23 heavy (non-hydrogen) atoms. The number of nitrogens with two attached hydrogens (primary N) is 1. The Morgan fingerprint density at radius 1 is 1.22 bits per heavy atom. The van der Waals surface area contributed by atoms with Crippen molar-refractivity contribution in [1.29, 1.82) is 0 Å². The molecule has 124 valence electrons. The molecule has 2 rings (SSSR count). The van der Waals surface area contributed by atoms with Crippen LogP contribution in [-0.2, 0) is 11.3 Å². The van der Waals surface area contributed by atoms with Gasteiger partial charge in [0.25, 0.3) is 5.91 Å². The van der Waals surface area contributed by atoms with Gasteiger partial charge in [-0.25, -0.2) is 4.79 Å². The second kappa shape index (κ2) is 7.69. The number of nitrogen functional groups attached to an aromatic ring is 1. The summed E-state index contributed by atoms with van der Waals surface area (Å²) in [5.74, 6) is 0.216.